The summed E-state index contributed by atoms with van der Waals surface area (Å²) in [5.74, 6) is 0.858. The minimum Gasteiger partial charge on any atom is -0.490 e. The number of thiocarbonyl (C=S) groups is 1. The number of alkyl halides is 1. The first kappa shape index (κ1) is 32.3. The molecule has 1 N–H and O–H groups in total. The first-order valence-corrected chi connectivity index (χ1v) is 16.1. The molecule has 6 heteroatoms. The van der Waals surface area contributed by atoms with Gasteiger partial charge in [-0.1, -0.05) is 92.1 Å². The van der Waals surface area contributed by atoms with Gasteiger partial charge in [0.05, 0.1) is 17.8 Å². The molecule has 0 amide bonds. The van der Waals surface area contributed by atoms with Crippen molar-refractivity contribution in [3.8, 4) is 5.75 Å². The zero-order valence-corrected chi connectivity index (χ0v) is 26.9. The van der Waals surface area contributed by atoms with Crippen LogP contribution in [0.4, 0.5) is 4.39 Å². The van der Waals surface area contributed by atoms with Gasteiger partial charge in [-0.25, -0.2) is 0 Å². The summed E-state index contributed by atoms with van der Waals surface area (Å²) in [6, 6.07) is 20.7. The highest BCUT2D eigenvalue weighted by molar-refractivity contribution is 7.80. The first-order valence-electron chi connectivity index (χ1n) is 14.9. The Morgan fingerprint density at radius 1 is 0.976 bits per heavy atom. The van der Waals surface area contributed by atoms with Crippen molar-refractivity contribution >= 4 is 57.3 Å². The summed E-state index contributed by atoms with van der Waals surface area (Å²) in [4.78, 5) is 0.693. The van der Waals surface area contributed by atoms with E-state index in [1.807, 2.05) is 25.1 Å². The molecule has 0 radical (unpaired) electrons. The summed E-state index contributed by atoms with van der Waals surface area (Å²) in [5.41, 5.74) is 8.79. The quantitative estimate of drug-likeness (QED) is 0.151. The van der Waals surface area contributed by atoms with Gasteiger partial charge in [0.15, 0.2) is 0 Å². The molecule has 0 aliphatic heterocycles. The third kappa shape index (κ3) is 8.46. The van der Waals surface area contributed by atoms with Crippen molar-refractivity contribution in [2.75, 3.05) is 6.67 Å². The third-order valence-electron chi connectivity index (χ3n) is 7.70. The molecule has 1 atom stereocenters. The van der Waals surface area contributed by atoms with Crippen LogP contribution in [-0.4, -0.2) is 17.8 Å². The van der Waals surface area contributed by atoms with Crippen molar-refractivity contribution in [2.24, 2.45) is 0 Å². The van der Waals surface area contributed by atoms with Gasteiger partial charge in [0.1, 0.15) is 5.75 Å². The number of hydrogen-bond donors (Lipinski definition) is 1. The molecule has 1 aliphatic rings. The zero-order valence-electron chi connectivity index (χ0n) is 24.6. The van der Waals surface area contributed by atoms with Crippen LogP contribution in [-0.2, 0) is 6.42 Å². The van der Waals surface area contributed by atoms with Gasteiger partial charge in [-0.05, 0) is 121 Å². The largest absolute Gasteiger partial charge is 0.490 e. The van der Waals surface area contributed by atoms with Crippen LogP contribution in [0.5, 0.6) is 5.75 Å². The molecular weight excluding hydrogens is 584 g/mol. The summed E-state index contributed by atoms with van der Waals surface area (Å²) in [6.45, 7) is 7.99. The normalized spacial score (nSPS) is 13.7. The van der Waals surface area contributed by atoms with Crippen molar-refractivity contribution in [1.82, 2.24) is 5.32 Å². The summed E-state index contributed by atoms with van der Waals surface area (Å²) >= 11 is 18.3. The number of aryl methyl sites for hydroxylation is 1. The van der Waals surface area contributed by atoms with Crippen LogP contribution < -0.4 is 10.1 Å². The van der Waals surface area contributed by atoms with Crippen LogP contribution in [0.2, 0.25) is 10.0 Å². The lowest BCUT2D eigenvalue weighted by Crippen LogP contribution is -2.16. The predicted molar refractivity (Wildman–Crippen MR) is 182 cm³/mol. The lowest BCUT2D eigenvalue weighted by molar-refractivity contribution is 0.175. The first-order chi connectivity index (χ1) is 20.3. The highest BCUT2D eigenvalue weighted by Crippen LogP contribution is 2.43. The van der Waals surface area contributed by atoms with E-state index < -0.39 is 0 Å². The maximum absolute atomic E-state index is 12.5. The second kappa shape index (κ2) is 15.7. The number of nitrogens with one attached hydrogen (secondary N) is 1. The number of halogens is 3. The number of ether oxygens (including phenoxy) is 1. The van der Waals surface area contributed by atoms with E-state index in [0.717, 1.165) is 79.5 Å². The van der Waals surface area contributed by atoms with Gasteiger partial charge >= 0.3 is 0 Å². The Bertz CT molecular complexity index is 1430. The van der Waals surface area contributed by atoms with Crippen molar-refractivity contribution in [2.45, 2.75) is 77.7 Å². The Labute approximate surface area is 266 Å². The average molecular weight is 625 g/mol. The van der Waals surface area contributed by atoms with E-state index >= 15 is 0 Å². The van der Waals surface area contributed by atoms with Crippen molar-refractivity contribution < 1.29 is 9.13 Å². The number of allylic oxidation sites excluding steroid dienone is 1. The topological polar surface area (TPSA) is 21.3 Å². The Hall–Kier alpha value is -2.66. The van der Waals surface area contributed by atoms with E-state index in [1.165, 1.54) is 22.3 Å². The van der Waals surface area contributed by atoms with E-state index in [9.17, 15) is 4.39 Å². The molecule has 0 saturated carbocycles. The van der Waals surface area contributed by atoms with Crippen LogP contribution in [0.1, 0.15) is 93.0 Å². The predicted octanol–water partition coefficient (Wildman–Crippen LogP) is 11.3. The van der Waals surface area contributed by atoms with Gasteiger partial charge in [-0.15, -0.1) is 0 Å². The lowest BCUT2D eigenvalue weighted by atomic mass is 9.87. The Kier molecular flexibility index (Phi) is 12.1. The van der Waals surface area contributed by atoms with Gasteiger partial charge in [0.2, 0.25) is 0 Å². The number of fused-ring (bicyclic) bond motifs is 1. The van der Waals surface area contributed by atoms with E-state index in [-0.39, 0.29) is 12.8 Å². The highest BCUT2D eigenvalue weighted by atomic mass is 35.5. The van der Waals surface area contributed by atoms with E-state index in [0.29, 0.717) is 21.5 Å². The van der Waals surface area contributed by atoms with Crippen LogP contribution in [0.25, 0.3) is 16.8 Å². The van der Waals surface area contributed by atoms with Crippen LogP contribution in [0.3, 0.4) is 0 Å². The molecule has 0 saturated heterocycles. The maximum Gasteiger partial charge on any atom is 0.119 e. The molecule has 42 heavy (non-hydrogen) atoms. The standard InChI is InChI=1S/C36H40Cl2FNOS/c1-4-9-30(11-6-5-7-21-39)41-31-17-13-26(14-18-31)36-32-19-15-27(24(2)40-25(3)42)22-28(32)10-8-12-34(36)33-20-16-29(37)23-35(33)38/h13-20,22-23,30H,2,4-12,21H2,1,3H3,(H,40,42). The molecule has 3 aromatic carbocycles. The van der Waals surface area contributed by atoms with Crippen LogP contribution in [0.15, 0.2) is 67.2 Å². The maximum atomic E-state index is 12.5. The molecule has 2 nitrogen and oxygen atoms in total. The summed E-state index contributed by atoms with van der Waals surface area (Å²) in [7, 11) is 0. The Morgan fingerprint density at radius 2 is 1.74 bits per heavy atom. The second-order valence-electron chi connectivity index (χ2n) is 11.0. The zero-order chi connectivity index (χ0) is 30.1. The summed E-state index contributed by atoms with van der Waals surface area (Å²) < 4.78 is 19.0. The monoisotopic (exact) mass is 623 g/mol. The molecule has 0 bridgehead atoms. The SMILES string of the molecule is C=C(NC(C)=S)c1ccc2c(c1)CCCC(c1ccc(Cl)cc1Cl)=C2c1ccc(OC(CCC)CCCCCF)cc1. The van der Waals surface area contributed by atoms with Crippen molar-refractivity contribution in [3.63, 3.8) is 0 Å². The fourth-order valence-corrected chi connectivity index (χ4v) is 6.36. The molecule has 0 fully saturated rings. The van der Waals surface area contributed by atoms with Crippen LogP contribution in [0, 0.1) is 0 Å². The van der Waals surface area contributed by atoms with Gasteiger partial charge < -0.3 is 10.1 Å². The number of rotatable bonds is 13. The smallest absolute Gasteiger partial charge is 0.119 e. The highest BCUT2D eigenvalue weighted by Gasteiger charge is 2.22. The molecule has 222 valence electrons. The number of benzene rings is 3. The van der Waals surface area contributed by atoms with Crippen molar-refractivity contribution in [1.29, 1.82) is 0 Å². The molecule has 0 heterocycles. The Balaban J connectivity index is 1.74. The van der Waals surface area contributed by atoms with Gasteiger partial charge in [-0.2, -0.15) is 0 Å². The molecule has 3 aromatic rings. The molecular formula is C36H40Cl2FNOS. The van der Waals surface area contributed by atoms with E-state index in [2.05, 4.69) is 61.3 Å². The lowest BCUT2D eigenvalue weighted by Gasteiger charge is -2.21. The minimum absolute atomic E-state index is 0.137. The molecule has 0 aromatic heterocycles. The minimum atomic E-state index is -0.247. The summed E-state index contributed by atoms with van der Waals surface area (Å²) in [6.07, 6.45) is 8.44. The van der Waals surface area contributed by atoms with E-state index in [1.54, 1.807) is 0 Å². The third-order valence-corrected chi connectivity index (χ3v) is 8.35. The number of unbranched alkanes of at least 4 members (excludes halogenated alkanes) is 2. The van der Waals surface area contributed by atoms with Crippen LogP contribution >= 0.6 is 35.4 Å². The molecule has 1 aliphatic carbocycles. The Morgan fingerprint density at radius 3 is 2.43 bits per heavy atom. The van der Waals surface area contributed by atoms with Gasteiger partial charge in [0.25, 0.3) is 0 Å². The van der Waals surface area contributed by atoms with Gasteiger partial charge in [-0.3, -0.25) is 4.39 Å². The number of hydrogen-bond acceptors (Lipinski definition) is 2. The summed E-state index contributed by atoms with van der Waals surface area (Å²) in [5, 5.41) is 4.46. The van der Waals surface area contributed by atoms with E-state index in [4.69, 9.17) is 40.2 Å². The van der Waals surface area contributed by atoms with Gasteiger partial charge in [0, 0.05) is 15.7 Å². The average Bonchev–Trinajstić information content (AvgIpc) is 3.14. The molecule has 1 unspecified atom stereocenters. The fraction of sp³-hybridized carbons (Fsp3) is 0.361. The second-order valence-corrected chi connectivity index (χ2v) is 12.4. The van der Waals surface area contributed by atoms with Crippen molar-refractivity contribution in [3.05, 3.63) is 105 Å². The molecule has 0 spiro atoms. The molecule has 4 rings (SSSR count). The fourth-order valence-electron chi connectivity index (χ4n) is 5.71.